The van der Waals surface area contributed by atoms with Crippen LogP contribution in [0.1, 0.15) is 24.2 Å². The molecule has 172 valence electrons. The number of aryl methyl sites for hydroxylation is 2. The number of hydrogen-bond donors (Lipinski definition) is 2. The molecule has 9 nitrogen and oxygen atoms in total. The molecule has 0 saturated carbocycles. The van der Waals surface area contributed by atoms with E-state index in [1.807, 2.05) is 7.05 Å². The number of fused-ring (bicyclic) bond motifs is 1. The molecule has 1 fully saturated rings. The zero-order valence-corrected chi connectivity index (χ0v) is 21.1. The minimum Gasteiger partial charge on any atom is -0.370 e. The van der Waals surface area contributed by atoms with Crippen molar-refractivity contribution in [3.63, 3.8) is 0 Å². The van der Waals surface area contributed by atoms with Gasteiger partial charge in [-0.1, -0.05) is 24.3 Å². The van der Waals surface area contributed by atoms with E-state index >= 15 is 0 Å². The van der Waals surface area contributed by atoms with Gasteiger partial charge in [-0.3, -0.25) is 9.67 Å². The first-order chi connectivity index (χ1) is 15.2. The van der Waals surface area contributed by atoms with Gasteiger partial charge >= 0.3 is 0 Å². The van der Waals surface area contributed by atoms with E-state index < -0.39 is 0 Å². The van der Waals surface area contributed by atoms with Crippen LogP contribution in [0.2, 0.25) is 0 Å². The van der Waals surface area contributed by atoms with Gasteiger partial charge in [-0.2, -0.15) is 5.10 Å². The number of nitrogens with zero attached hydrogens (tertiary/aromatic N) is 6. The van der Waals surface area contributed by atoms with Gasteiger partial charge in [0.15, 0.2) is 11.6 Å². The van der Waals surface area contributed by atoms with E-state index in [2.05, 4.69) is 68.7 Å². The van der Waals surface area contributed by atoms with E-state index in [1.165, 1.54) is 11.1 Å². The van der Waals surface area contributed by atoms with Crippen LogP contribution in [0.25, 0.3) is 11.0 Å². The number of aromatic nitrogens is 4. The fraction of sp³-hybridized carbons (Fsp3) is 0.455. The van der Waals surface area contributed by atoms with Gasteiger partial charge in [0.2, 0.25) is 0 Å². The minimum atomic E-state index is 0. The second kappa shape index (κ2) is 11.4. The van der Waals surface area contributed by atoms with Crippen LogP contribution in [0.15, 0.2) is 41.8 Å². The second-order valence-corrected chi connectivity index (χ2v) is 7.55. The van der Waals surface area contributed by atoms with Crippen LogP contribution in [0.5, 0.6) is 0 Å². The molecule has 3 aromatic rings. The van der Waals surface area contributed by atoms with Crippen molar-refractivity contribution in [2.45, 2.75) is 20.0 Å². The van der Waals surface area contributed by atoms with Crippen LogP contribution in [0, 0.1) is 6.92 Å². The standard InChI is InChI=1S/C22H30N8O.HI/c1-4-23-22(30-11-12-31-19(14-30)17-8-6-5-7-16(17)2)25-10-9-24-20-18-13-28-29(3)21(18)27-15-26-20;/h5-8,13,15,19H,4,9-12,14H2,1-3H3,(H,23,25)(H,24,26,27);1H. The summed E-state index contributed by atoms with van der Waals surface area (Å²) < 4.78 is 7.81. The third-order valence-corrected chi connectivity index (χ3v) is 5.43. The fourth-order valence-corrected chi connectivity index (χ4v) is 3.84. The lowest BCUT2D eigenvalue weighted by atomic mass is 10.0. The summed E-state index contributed by atoms with van der Waals surface area (Å²) in [7, 11) is 1.87. The van der Waals surface area contributed by atoms with E-state index in [1.54, 1.807) is 17.2 Å². The molecule has 1 aliphatic heterocycles. The summed E-state index contributed by atoms with van der Waals surface area (Å²) in [6.07, 6.45) is 3.39. The minimum absolute atomic E-state index is 0. The lowest BCUT2D eigenvalue weighted by molar-refractivity contribution is -0.00831. The molecule has 1 atom stereocenters. The summed E-state index contributed by atoms with van der Waals surface area (Å²) in [5.74, 6) is 1.70. The molecular weight excluding hydrogens is 519 g/mol. The van der Waals surface area contributed by atoms with E-state index in [0.717, 1.165) is 42.4 Å². The van der Waals surface area contributed by atoms with E-state index in [0.29, 0.717) is 19.7 Å². The van der Waals surface area contributed by atoms with Crippen molar-refractivity contribution in [3.05, 3.63) is 47.9 Å². The quantitative estimate of drug-likeness (QED) is 0.211. The van der Waals surface area contributed by atoms with Crippen LogP contribution < -0.4 is 10.6 Å². The third-order valence-electron chi connectivity index (χ3n) is 5.43. The maximum atomic E-state index is 6.07. The summed E-state index contributed by atoms with van der Waals surface area (Å²) in [6, 6.07) is 8.42. The van der Waals surface area contributed by atoms with Gasteiger partial charge < -0.3 is 20.3 Å². The van der Waals surface area contributed by atoms with E-state index in [9.17, 15) is 0 Å². The first kappa shape index (κ1) is 24.2. The SMILES string of the molecule is CCNC(=NCCNc1ncnc2c1cnn2C)N1CCOC(c2ccccc2C)C1.I. The predicted octanol–water partition coefficient (Wildman–Crippen LogP) is 2.74. The number of benzene rings is 1. The van der Waals surface area contributed by atoms with Gasteiger partial charge in [-0.15, -0.1) is 24.0 Å². The van der Waals surface area contributed by atoms with Crippen LogP contribution in [-0.4, -0.2) is 69.9 Å². The average Bonchev–Trinajstić information content (AvgIpc) is 3.18. The molecule has 1 aliphatic rings. The summed E-state index contributed by atoms with van der Waals surface area (Å²) in [4.78, 5) is 15.7. The van der Waals surface area contributed by atoms with Crippen LogP contribution >= 0.6 is 24.0 Å². The van der Waals surface area contributed by atoms with Gasteiger partial charge in [-0.05, 0) is 25.0 Å². The number of guanidine groups is 1. The van der Waals surface area contributed by atoms with Crippen molar-refractivity contribution >= 4 is 46.8 Å². The summed E-state index contributed by atoms with van der Waals surface area (Å²) in [5.41, 5.74) is 3.31. The molecule has 2 N–H and O–H groups in total. The highest BCUT2D eigenvalue weighted by molar-refractivity contribution is 14.0. The van der Waals surface area contributed by atoms with Crippen molar-refractivity contribution in [2.75, 3.05) is 44.6 Å². The topological polar surface area (TPSA) is 92.5 Å². The molecule has 4 rings (SSSR count). The van der Waals surface area contributed by atoms with Crippen molar-refractivity contribution < 1.29 is 4.74 Å². The Morgan fingerprint density at radius 3 is 2.94 bits per heavy atom. The third kappa shape index (κ3) is 5.47. The van der Waals surface area contributed by atoms with Crippen LogP contribution in [0.3, 0.4) is 0 Å². The van der Waals surface area contributed by atoms with E-state index in [-0.39, 0.29) is 30.1 Å². The van der Waals surface area contributed by atoms with Crippen LogP contribution in [-0.2, 0) is 11.8 Å². The lowest BCUT2D eigenvalue weighted by Gasteiger charge is -2.35. The van der Waals surface area contributed by atoms with Gasteiger partial charge in [0.1, 0.15) is 18.2 Å². The van der Waals surface area contributed by atoms with Gasteiger partial charge in [0.05, 0.1) is 31.3 Å². The van der Waals surface area contributed by atoms with E-state index in [4.69, 9.17) is 9.73 Å². The molecule has 0 amide bonds. The summed E-state index contributed by atoms with van der Waals surface area (Å²) in [5, 5.41) is 12.0. The Kier molecular flexibility index (Phi) is 8.62. The predicted molar refractivity (Wildman–Crippen MR) is 138 cm³/mol. The normalized spacial score (nSPS) is 16.7. The largest absolute Gasteiger partial charge is 0.370 e. The highest BCUT2D eigenvalue weighted by atomic mass is 127. The van der Waals surface area contributed by atoms with Crippen LogP contribution in [0.4, 0.5) is 5.82 Å². The lowest BCUT2D eigenvalue weighted by Crippen LogP contribution is -2.48. The maximum Gasteiger partial charge on any atom is 0.194 e. The fourth-order valence-electron chi connectivity index (χ4n) is 3.84. The molecule has 32 heavy (non-hydrogen) atoms. The molecule has 0 aliphatic carbocycles. The molecule has 1 saturated heterocycles. The molecule has 3 heterocycles. The number of morpholine rings is 1. The first-order valence-corrected chi connectivity index (χ1v) is 10.7. The number of rotatable bonds is 6. The Hall–Kier alpha value is -2.47. The number of aliphatic imine (C=N–C) groups is 1. The number of ether oxygens (including phenoxy) is 1. The molecular formula is C22H31IN8O. The van der Waals surface area contributed by atoms with Crippen molar-refractivity contribution in [1.82, 2.24) is 30.0 Å². The van der Waals surface area contributed by atoms with Gasteiger partial charge in [0.25, 0.3) is 0 Å². The van der Waals surface area contributed by atoms with Crippen molar-refractivity contribution in [3.8, 4) is 0 Å². The molecule has 0 spiro atoms. The Morgan fingerprint density at radius 2 is 2.12 bits per heavy atom. The zero-order valence-electron chi connectivity index (χ0n) is 18.8. The number of nitrogens with one attached hydrogen (secondary N) is 2. The maximum absolute atomic E-state index is 6.07. The van der Waals surface area contributed by atoms with Crippen molar-refractivity contribution in [2.24, 2.45) is 12.0 Å². The Bertz CT molecular complexity index is 1050. The Morgan fingerprint density at radius 1 is 1.28 bits per heavy atom. The first-order valence-electron chi connectivity index (χ1n) is 10.7. The molecule has 1 aromatic carbocycles. The monoisotopic (exact) mass is 550 g/mol. The van der Waals surface area contributed by atoms with Gasteiger partial charge in [-0.25, -0.2) is 9.97 Å². The molecule has 2 aromatic heterocycles. The molecule has 0 radical (unpaired) electrons. The number of hydrogen-bond acceptors (Lipinski definition) is 6. The van der Waals surface area contributed by atoms with Crippen molar-refractivity contribution in [1.29, 1.82) is 0 Å². The van der Waals surface area contributed by atoms with Gasteiger partial charge in [0, 0.05) is 26.7 Å². The summed E-state index contributed by atoms with van der Waals surface area (Å²) >= 11 is 0. The molecule has 10 heteroatoms. The molecule has 1 unspecified atom stereocenters. The highest BCUT2D eigenvalue weighted by Crippen LogP contribution is 2.25. The number of halogens is 1. The Balaban J connectivity index is 0.00000289. The smallest absolute Gasteiger partial charge is 0.194 e. The average molecular weight is 550 g/mol. The number of anilines is 1. The Labute approximate surface area is 205 Å². The zero-order chi connectivity index (χ0) is 21.6. The molecule has 0 bridgehead atoms. The highest BCUT2D eigenvalue weighted by Gasteiger charge is 2.25. The second-order valence-electron chi connectivity index (χ2n) is 7.55. The summed E-state index contributed by atoms with van der Waals surface area (Å²) in [6.45, 7) is 8.63.